The van der Waals surface area contributed by atoms with Crippen molar-refractivity contribution < 1.29 is 0 Å². The highest BCUT2D eigenvalue weighted by molar-refractivity contribution is 9.10. The Balaban J connectivity index is 3.06. The molecular weight excluding hydrogens is 302 g/mol. The Kier molecular flexibility index (Phi) is 6.24. The van der Waals surface area contributed by atoms with Gasteiger partial charge in [-0.25, -0.2) is 9.97 Å². The Bertz CT molecular complexity index is 392. The quantitative estimate of drug-likeness (QED) is 0.721. The lowest BCUT2D eigenvalue weighted by Crippen LogP contribution is -2.32. The molecule has 0 atom stereocenters. The summed E-state index contributed by atoms with van der Waals surface area (Å²) in [5, 5.41) is 0. The standard InChI is InChI=1S/C15H26BrN3/c1-10(2)8-19(9-11(3)4)14-7-13(16)17-15(18-14)12(5)6/h7,10-12H,8-9H2,1-6H3. The van der Waals surface area contributed by atoms with Crippen LogP contribution in [0.2, 0.25) is 0 Å². The van der Waals surface area contributed by atoms with Gasteiger partial charge in [0.25, 0.3) is 0 Å². The molecule has 108 valence electrons. The molecule has 0 aliphatic heterocycles. The van der Waals surface area contributed by atoms with Gasteiger partial charge in [0.05, 0.1) is 0 Å². The first-order chi connectivity index (χ1) is 8.79. The molecular formula is C15H26BrN3. The van der Waals surface area contributed by atoms with E-state index in [1.54, 1.807) is 0 Å². The van der Waals surface area contributed by atoms with Crippen LogP contribution >= 0.6 is 15.9 Å². The van der Waals surface area contributed by atoms with E-state index in [2.05, 4.69) is 67.4 Å². The van der Waals surface area contributed by atoms with Crippen LogP contribution in [0.4, 0.5) is 5.82 Å². The lowest BCUT2D eigenvalue weighted by Gasteiger charge is -2.28. The predicted octanol–water partition coefficient (Wildman–Crippen LogP) is 4.48. The molecule has 1 rings (SSSR count). The van der Waals surface area contributed by atoms with Gasteiger partial charge in [-0.2, -0.15) is 0 Å². The third kappa shape index (κ3) is 5.47. The molecule has 0 saturated carbocycles. The zero-order chi connectivity index (χ0) is 14.6. The summed E-state index contributed by atoms with van der Waals surface area (Å²) in [4.78, 5) is 11.5. The summed E-state index contributed by atoms with van der Waals surface area (Å²) in [6, 6.07) is 2.02. The predicted molar refractivity (Wildman–Crippen MR) is 85.7 cm³/mol. The van der Waals surface area contributed by atoms with Crippen LogP contribution in [0.1, 0.15) is 53.3 Å². The van der Waals surface area contributed by atoms with Crippen molar-refractivity contribution in [2.45, 2.75) is 47.5 Å². The molecule has 1 heterocycles. The number of hydrogen-bond acceptors (Lipinski definition) is 3. The van der Waals surface area contributed by atoms with Crippen molar-refractivity contribution in [3.05, 3.63) is 16.5 Å². The molecule has 0 aliphatic carbocycles. The average molecular weight is 328 g/mol. The monoisotopic (exact) mass is 327 g/mol. The maximum absolute atomic E-state index is 4.72. The number of aromatic nitrogens is 2. The fourth-order valence-electron chi connectivity index (χ4n) is 1.99. The van der Waals surface area contributed by atoms with E-state index in [9.17, 15) is 0 Å². The van der Waals surface area contributed by atoms with Crippen molar-refractivity contribution in [2.24, 2.45) is 11.8 Å². The number of hydrogen-bond donors (Lipinski definition) is 0. The Morgan fingerprint density at radius 1 is 1.00 bits per heavy atom. The maximum Gasteiger partial charge on any atom is 0.134 e. The summed E-state index contributed by atoms with van der Waals surface area (Å²) in [6.45, 7) is 15.3. The molecule has 1 aromatic rings. The van der Waals surface area contributed by atoms with Crippen LogP contribution in [0.3, 0.4) is 0 Å². The van der Waals surface area contributed by atoms with Crippen LogP contribution in [0.15, 0.2) is 10.7 Å². The van der Waals surface area contributed by atoms with E-state index >= 15 is 0 Å². The lowest BCUT2D eigenvalue weighted by molar-refractivity contribution is 0.546. The van der Waals surface area contributed by atoms with Crippen LogP contribution in [0.5, 0.6) is 0 Å². The molecule has 0 saturated heterocycles. The zero-order valence-corrected chi connectivity index (χ0v) is 14.5. The van der Waals surface area contributed by atoms with E-state index in [0.717, 1.165) is 29.3 Å². The fraction of sp³-hybridized carbons (Fsp3) is 0.733. The molecule has 0 aliphatic rings. The molecule has 1 aromatic heterocycles. The minimum absolute atomic E-state index is 0.344. The highest BCUT2D eigenvalue weighted by Crippen LogP contribution is 2.22. The van der Waals surface area contributed by atoms with Gasteiger partial charge in [-0.3, -0.25) is 0 Å². The molecule has 3 nitrogen and oxygen atoms in total. The summed E-state index contributed by atoms with van der Waals surface area (Å²) in [6.07, 6.45) is 0. The fourth-order valence-corrected chi connectivity index (χ4v) is 2.37. The molecule has 0 N–H and O–H groups in total. The molecule has 0 fully saturated rings. The Hall–Kier alpha value is -0.640. The van der Waals surface area contributed by atoms with Gasteiger partial charge in [0.1, 0.15) is 16.2 Å². The van der Waals surface area contributed by atoms with Crippen molar-refractivity contribution in [2.75, 3.05) is 18.0 Å². The number of anilines is 1. The Morgan fingerprint density at radius 3 is 1.95 bits per heavy atom. The second-order valence-electron chi connectivity index (χ2n) is 6.25. The van der Waals surface area contributed by atoms with Gasteiger partial charge in [0.2, 0.25) is 0 Å². The second kappa shape index (κ2) is 7.22. The Labute approximate surface area is 126 Å². The van der Waals surface area contributed by atoms with E-state index in [1.165, 1.54) is 0 Å². The average Bonchev–Trinajstić information content (AvgIpc) is 2.25. The summed E-state index contributed by atoms with van der Waals surface area (Å²) in [7, 11) is 0. The van der Waals surface area contributed by atoms with Crippen LogP contribution in [-0.2, 0) is 0 Å². The molecule has 0 unspecified atom stereocenters. The van der Waals surface area contributed by atoms with Crippen LogP contribution in [0, 0.1) is 11.8 Å². The van der Waals surface area contributed by atoms with Crippen LogP contribution in [0.25, 0.3) is 0 Å². The van der Waals surface area contributed by atoms with Gasteiger partial charge in [-0.15, -0.1) is 0 Å². The summed E-state index contributed by atoms with van der Waals surface area (Å²) < 4.78 is 0.874. The summed E-state index contributed by atoms with van der Waals surface area (Å²) in [5.74, 6) is 3.52. The lowest BCUT2D eigenvalue weighted by atomic mass is 10.1. The second-order valence-corrected chi connectivity index (χ2v) is 7.07. The number of nitrogens with zero attached hydrogens (tertiary/aromatic N) is 3. The zero-order valence-electron chi connectivity index (χ0n) is 12.9. The van der Waals surface area contributed by atoms with Gasteiger partial charge >= 0.3 is 0 Å². The minimum atomic E-state index is 0.344. The van der Waals surface area contributed by atoms with E-state index in [-0.39, 0.29) is 0 Å². The van der Waals surface area contributed by atoms with Gasteiger partial charge in [-0.1, -0.05) is 41.5 Å². The molecule has 4 heteroatoms. The van der Waals surface area contributed by atoms with Crippen molar-refractivity contribution in [3.8, 4) is 0 Å². The van der Waals surface area contributed by atoms with E-state index < -0.39 is 0 Å². The topological polar surface area (TPSA) is 29.0 Å². The van der Waals surface area contributed by atoms with Crippen LogP contribution in [-0.4, -0.2) is 23.1 Å². The first kappa shape index (κ1) is 16.4. The SMILES string of the molecule is CC(C)CN(CC(C)C)c1cc(Br)nc(C(C)C)n1. The van der Waals surface area contributed by atoms with Gasteiger partial charge in [-0.05, 0) is 27.8 Å². The highest BCUT2D eigenvalue weighted by atomic mass is 79.9. The third-order valence-electron chi connectivity index (χ3n) is 2.71. The highest BCUT2D eigenvalue weighted by Gasteiger charge is 2.15. The summed E-state index contributed by atoms with van der Waals surface area (Å²) >= 11 is 3.50. The molecule has 0 aromatic carbocycles. The summed E-state index contributed by atoms with van der Waals surface area (Å²) in [5.41, 5.74) is 0. The number of halogens is 1. The molecule has 0 radical (unpaired) electrons. The van der Waals surface area contributed by atoms with Gasteiger partial charge in [0.15, 0.2) is 0 Å². The number of rotatable bonds is 6. The van der Waals surface area contributed by atoms with Crippen molar-refractivity contribution in [1.29, 1.82) is 0 Å². The van der Waals surface area contributed by atoms with Gasteiger partial charge in [0, 0.05) is 25.1 Å². The van der Waals surface area contributed by atoms with E-state index in [0.29, 0.717) is 17.8 Å². The van der Waals surface area contributed by atoms with Crippen LogP contribution < -0.4 is 4.90 Å². The first-order valence-corrected chi connectivity index (χ1v) is 7.88. The molecule has 19 heavy (non-hydrogen) atoms. The smallest absolute Gasteiger partial charge is 0.134 e. The van der Waals surface area contributed by atoms with Crippen molar-refractivity contribution >= 4 is 21.7 Å². The van der Waals surface area contributed by atoms with Gasteiger partial charge < -0.3 is 4.90 Å². The Morgan fingerprint density at radius 2 is 1.53 bits per heavy atom. The van der Waals surface area contributed by atoms with Crippen molar-refractivity contribution in [3.63, 3.8) is 0 Å². The minimum Gasteiger partial charge on any atom is -0.356 e. The molecule has 0 spiro atoms. The van der Waals surface area contributed by atoms with E-state index in [4.69, 9.17) is 4.98 Å². The first-order valence-electron chi connectivity index (χ1n) is 7.09. The molecule has 0 bridgehead atoms. The maximum atomic E-state index is 4.72. The van der Waals surface area contributed by atoms with Crippen molar-refractivity contribution in [1.82, 2.24) is 9.97 Å². The molecule has 0 amide bonds. The largest absolute Gasteiger partial charge is 0.356 e. The third-order valence-corrected chi connectivity index (χ3v) is 3.12. The normalized spacial score (nSPS) is 11.7. The van der Waals surface area contributed by atoms with E-state index in [1.807, 2.05) is 6.07 Å².